The van der Waals surface area contributed by atoms with Crippen LogP contribution in [-0.2, 0) is 10.0 Å². The minimum atomic E-state index is -4.07. The Morgan fingerprint density at radius 1 is 1.07 bits per heavy atom. The molecule has 6 nitrogen and oxygen atoms in total. The van der Waals surface area contributed by atoms with E-state index in [4.69, 9.17) is 4.74 Å². The van der Waals surface area contributed by atoms with Gasteiger partial charge in [0.1, 0.15) is 16.5 Å². The highest BCUT2D eigenvalue weighted by molar-refractivity contribution is 7.89. The van der Waals surface area contributed by atoms with Crippen molar-refractivity contribution < 1.29 is 22.3 Å². The molecule has 0 radical (unpaired) electrons. The lowest BCUT2D eigenvalue weighted by molar-refractivity contribution is 0.102. The maximum Gasteiger partial charge on any atom is 0.255 e. The second-order valence-corrected chi connectivity index (χ2v) is 9.05. The summed E-state index contributed by atoms with van der Waals surface area (Å²) in [4.78, 5) is 12.1. The molecule has 1 aliphatic carbocycles. The van der Waals surface area contributed by atoms with Crippen molar-refractivity contribution in [3.63, 3.8) is 0 Å². The van der Waals surface area contributed by atoms with Gasteiger partial charge in [-0.2, -0.15) is 0 Å². The number of amides is 1. The Hall–Kier alpha value is -2.45. The third kappa shape index (κ3) is 5.79. The lowest BCUT2D eigenvalue weighted by Crippen LogP contribution is -2.35. The molecule has 0 spiro atoms. The fraction of sp³-hybridized carbons (Fsp3) is 0.409. The monoisotopic (exact) mass is 434 g/mol. The molecule has 0 bridgehead atoms. The maximum absolute atomic E-state index is 14.3. The van der Waals surface area contributed by atoms with Gasteiger partial charge in [0.15, 0.2) is 0 Å². The molecule has 0 heterocycles. The fourth-order valence-electron chi connectivity index (χ4n) is 3.54. The number of ether oxygens (including phenoxy) is 1. The molecular weight excluding hydrogens is 407 g/mol. The predicted molar refractivity (Wildman–Crippen MR) is 114 cm³/mol. The quantitative estimate of drug-likeness (QED) is 0.630. The van der Waals surface area contributed by atoms with E-state index in [2.05, 4.69) is 10.0 Å². The lowest BCUT2D eigenvalue weighted by Gasteiger charge is -2.17. The van der Waals surface area contributed by atoms with Crippen LogP contribution in [0.1, 0.15) is 55.8 Å². The Balaban J connectivity index is 1.75. The molecule has 0 saturated heterocycles. The van der Waals surface area contributed by atoms with Crippen molar-refractivity contribution in [2.24, 2.45) is 0 Å². The maximum atomic E-state index is 14.3. The molecule has 8 heteroatoms. The number of nitrogens with one attached hydrogen (secondary N) is 2. The Labute approximate surface area is 176 Å². The van der Waals surface area contributed by atoms with E-state index in [0.29, 0.717) is 18.0 Å². The van der Waals surface area contributed by atoms with Gasteiger partial charge in [0.05, 0.1) is 6.61 Å². The van der Waals surface area contributed by atoms with Crippen molar-refractivity contribution in [3.05, 3.63) is 53.8 Å². The number of hydrogen-bond donors (Lipinski definition) is 2. The van der Waals surface area contributed by atoms with Crippen molar-refractivity contribution in [1.29, 1.82) is 0 Å². The molecule has 1 saturated carbocycles. The smallest absolute Gasteiger partial charge is 0.255 e. The molecule has 0 aromatic heterocycles. The van der Waals surface area contributed by atoms with Crippen molar-refractivity contribution in [1.82, 2.24) is 4.72 Å². The molecule has 0 aliphatic heterocycles. The molecular formula is C22H27FN2O4S. The summed E-state index contributed by atoms with van der Waals surface area (Å²) in [6.45, 7) is 2.41. The molecule has 3 rings (SSSR count). The summed E-state index contributed by atoms with van der Waals surface area (Å²) < 4.78 is 47.9. The normalized spacial score (nSPS) is 15.4. The Bertz CT molecular complexity index is 969. The number of carbonyl (C=O) groups excluding carboxylic acids is 1. The van der Waals surface area contributed by atoms with E-state index in [1.165, 1.54) is 6.07 Å². The van der Waals surface area contributed by atoms with Crippen LogP contribution in [0.5, 0.6) is 5.75 Å². The third-order valence-electron chi connectivity index (χ3n) is 5.08. The third-order valence-corrected chi connectivity index (χ3v) is 6.62. The number of carbonyl (C=O) groups is 1. The number of sulfonamides is 1. The number of anilines is 1. The highest BCUT2D eigenvalue weighted by Crippen LogP contribution is 2.22. The van der Waals surface area contributed by atoms with Crippen LogP contribution in [0.4, 0.5) is 10.1 Å². The second kappa shape index (κ2) is 10.0. The van der Waals surface area contributed by atoms with E-state index in [-0.39, 0.29) is 11.6 Å². The summed E-state index contributed by atoms with van der Waals surface area (Å²) in [5, 5.41) is 2.68. The van der Waals surface area contributed by atoms with E-state index >= 15 is 0 Å². The first-order valence-electron chi connectivity index (χ1n) is 10.2. The van der Waals surface area contributed by atoms with Gasteiger partial charge in [0, 0.05) is 17.3 Å². The highest BCUT2D eigenvalue weighted by Gasteiger charge is 2.25. The zero-order valence-electron chi connectivity index (χ0n) is 17.0. The van der Waals surface area contributed by atoms with Gasteiger partial charge in [-0.25, -0.2) is 17.5 Å². The lowest BCUT2D eigenvalue weighted by atomic mass is 10.1. The van der Waals surface area contributed by atoms with Crippen LogP contribution in [0.25, 0.3) is 0 Å². The van der Waals surface area contributed by atoms with E-state index in [1.807, 2.05) is 6.92 Å². The van der Waals surface area contributed by atoms with Gasteiger partial charge in [-0.1, -0.05) is 25.7 Å². The van der Waals surface area contributed by atoms with Crippen LogP contribution in [0.3, 0.4) is 0 Å². The second-order valence-electron chi connectivity index (χ2n) is 7.37. The molecule has 30 heavy (non-hydrogen) atoms. The number of hydrogen-bond acceptors (Lipinski definition) is 4. The zero-order chi connectivity index (χ0) is 21.6. The minimum absolute atomic E-state index is 0.0616. The van der Waals surface area contributed by atoms with Gasteiger partial charge in [-0.3, -0.25) is 4.79 Å². The number of rotatable bonds is 7. The fourth-order valence-corrected chi connectivity index (χ4v) is 4.94. The summed E-state index contributed by atoms with van der Waals surface area (Å²) >= 11 is 0. The number of benzene rings is 2. The first-order chi connectivity index (χ1) is 14.4. The molecule has 0 atom stereocenters. The summed E-state index contributed by atoms with van der Waals surface area (Å²) in [5.74, 6) is -0.728. The molecule has 2 aromatic rings. The molecule has 1 amide bonds. The highest BCUT2D eigenvalue weighted by atomic mass is 32.2. The summed E-state index contributed by atoms with van der Waals surface area (Å²) in [5.41, 5.74) is 0.584. The standard InChI is InChI=1S/C22H27FN2O4S/c1-2-29-19-12-10-17(11-13-19)24-22(26)16-9-14-20(23)21(15-16)30(27,28)25-18-7-5-3-4-6-8-18/h9-15,18,25H,2-8H2,1H3,(H,24,26). The van der Waals surface area contributed by atoms with Crippen LogP contribution in [0.15, 0.2) is 47.4 Å². The van der Waals surface area contributed by atoms with E-state index in [1.54, 1.807) is 24.3 Å². The van der Waals surface area contributed by atoms with Crippen LogP contribution in [0.2, 0.25) is 0 Å². The molecule has 1 fully saturated rings. The Morgan fingerprint density at radius 2 is 1.73 bits per heavy atom. The first kappa shape index (κ1) is 22.2. The molecule has 2 N–H and O–H groups in total. The minimum Gasteiger partial charge on any atom is -0.494 e. The van der Waals surface area contributed by atoms with Crippen molar-refractivity contribution in [3.8, 4) is 5.75 Å². The largest absolute Gasteiger partial charge is 0.494 e. The van der Waals surface area contributed by atoms with Gasteiger partial charge in [-0.15, -0.1) is 0 Å². The average Bonchev–Trinajstić information content (AvgIpc) is 2.98. The average molecular weight is 435 g/mol. The van der Waals surface area contributed by atoms with Crippen molar-refractivity contribution in [2.75, 3.05) is 11.9 Å². The summed E-state index contributed by atoms with van der Waals surface area (Å²) in [6.07, 6.45) is 5.51. The van der Waals surface area contributed by atoms with E-state index < -0.39 is 26.6 Å². The topological polar surface area (TPSA) is 84.5 Å². The molecule has 0 unspecified atom stereocenters. The predicted octanol–water partition coefficient (Wildman–Crippen LogP) is 4.48. The van der Waals surface area contributed by atoms with Gasteiger partial charge in [0.2, 0.25) is 10.0 Å². The van der Waals surface area contributed by atoms with Crippen LogP contribution in [-0.4, -0.2) is 27.0 Å². The molecule has 2 aromatic carbocycles. The SMILES string of the molecule is CCOc1ccc(NC(=O)c2ccc(F)c(S(=O)(=O)NC3CCCCCC3)c2)cc1. The van der Waals surface area contributed by atoms with E-state index in [0.717, 1.165) is 50.7 Å². The zero-order valence-corrected chi connectivity index (χ0v) is 17.8. The first-order valence-corrected chi connectivity index (χ1v) is 11.7. The summed E-state index contributed by atoms with van der Waals surface area (Å²) in [7, 11) is -4.07. The summed E-state index contributed by atoms with van der Waals surface area (Å²) in [6, 6.07) is 9.94. The Morgan fingerprint density at radius 3 is 2.37 bits per heavy atom. The van der Waals surface area contributed by atoms with Crippen molar-refractivity contribution >= 4 is 21.6 Å². The molecule has 1 aliphatic rings. The van der Waals surface area contributed by atoms with Crippen LogP contribution < -0.4 is 14.8 Å². The van der Waals surface area contributed by atoms with E-state index in [9.17, 15) is 17.6 Å². The van der Waals surface area contributed by atoms with Gasteiger partial charge >= 0.3 is 0 Å². The van der Waals surface area contributed by atoms with Gasteiger partial charge < -0.3 is 10.1 Å². The molecule has 162 valence electrons. The Kier molecular flexibility index (Phi) is 7.44. The van der Waals surface area contributed by atoms with Gasteiger partial charge in [-0.05, 0) is 62.2 Å². The van der Waals surface area contributed by atoms with Gasteiger partial charge in [0.25, 0.3) is 5.91 Å². The van der Waals surface area contributed by atoms with Crippen molar-refractivity contribution in [2.45, 2.75) is 56.4 Å². The number of halogens is 1. The van der Waals surface area contributed by atoms with Crippen LogP contribution in [0, 0.1) is 5.82 Å². The van der Waals surface area contributed by atoms with Crippen LogP contribution >= 0.6 is 0 Å².